The summed E-state index contributed by atoms with van der Waals surface area (Å²) in [4.78, 5) is 26.7. The number of benzene rings is 1. The van der Waals surface area contributed by atoms with Gasteiger partial charge in [-0.05, 0) is 25.5 Å². The number of aromatic nitrogens is 3. The molecule has 0 aliphatic rings. The lowest BCUT2D eigenvalue weighted by molar-refractivity contribution is -0.384. The Labute approximate surface area is 143 Å². The Morgan fingerprint density at radius 1 is 1.28 bits per heavy atom. The number of fused-ring (bicyclic) bond motifs is 1. The first kappa shape index (κ1) is 16.6. The highest BCUT2D eigenvalue weighted by atomic mass is 16.6. The standard InChI is InChI=1S/C17H17N5O3/c1-11(2)21-17-13(9-19-21)8-14(10-18-17)20-16(23)7-12-3-5-15(6-4-12)22(24)25/h3-6,8-11H,7H2,1-2H3,(H,20,23). The zero-order valence-corrected chi connectivity index (χ0v) is 13.8. The number of non-ortho nitro benzene ring substituents is 1. The number of anilines is 1. The third-order valence-electron chi connectivity index (χ3n) is 3.72. The van der Waals surface area contributed by atoms with E-state index < -0.39 is 4.92 Å². The van der Waals surface area contributed by atoms with Crippen molar-refractivity contribution in [2.75, 3.05) is 5.32 Å². The molecule has 0 aliphatic heterocycles. The minimum absolute atomic E-state index is 0.000902. The van der Waals surface area contributed by atoms with E-state index in [1.165, 1.54) is 12.1 Å². The minimum atomic E-state index is -0.470. The Balaban J connectivity index is 1.70. The third-order valence-corrected chi connectivity index (χ3v) is 3.72. The van der Waals surface area contributed by atoms with Crippen molar-refractivity contribution < 1.29 is 9.72 Å². The van der Waals surface area contributed by atoms with Crippen LogP contribution in [0.4, 0.5) is 11.4 Å². The molecule has 0 saturated carbocycles. The second-order valence-corrected chi connectivity index (χ2v) is 5.97. The van der Waals surface area contributed by atoms with Gasteiger partial charge in [-0.1, -0.05) is 12.1 Å². The molecule has 2 aromatic heterocycles. The number of rotatable bonds is 5. The third kappa shape index (κ3) is 3.63. The van der Waals surface area contributed by atoms with Crippen LogP contribution in [0.5, 0.6) is 0 Å². The van der Waals surface area contributed by atoms with Gasteiger partial charge in [0.05, 0.1) is 29.4 Å². The molecular formula is C17H17N5O3. The molecule has 8 heteroatoms. The number of carbonyl (C=O) groups excluding carboxylic acids is 1. The van der Waals surface area contributed by atoms with Crippen molar-refractivity contribution in [1.82, 2.24) is 14.8 Å². The molecule has 0 spiro atoms. The molecule has 1 amide bonds. The lowest BCUT2D eigenvalue weighted by atomic mass is 10.1. The average molecular weight is 339 g/mol. The number of nitro benzene ring substituents is 1. The Hall–Kier alpha value is -3.29. The van der Waals surface area contributed by atoms with Crippen LogP contribution in [0.25, 0.3) is 11.0 Å². The fourth-order valence-corrected chi connectivity index (χ4v) is 2.51. The number of pyridine rings is 1. The maximum atomic E-state index is 12.2. The summed E-state index contributed by atoms with van der Waals surface area (Å²) >= 11 is 0. The maximum Gasteiger partial charge on any atom is 0.269 e. The summed E-state index contributed by atoms with van der Waals surface area (Å²) in [6.45, 7) is 4.04. The lowest BCUT2D eigenvalue weighted by Gasteiger charge is -2.08. The number of hydrogen-bond acceptors (Lipinski definition) is 5. The summed E-state index contributed by atoms with van der Waals surface area (Å²) < 4.78 is 1.82. The fraction of sp³-hybridized carbons (Fsp3) is 0.235. The van der Waals surface area contributed by atoms with Crippen molar-refractivity contribution in [2.24, 2.45) is 0 Å². The van der Waals surface area contributed by atoms with Crippen molar-refractivity contribution in [3.05, 3.63) is 58.4 Å². The van der Waals surface area contributed by atoms with E-state index in [2.05, 4.69) is 15.4 Å². The van der Waals surface area contributed by atoms with E-state index in [9.17, 15) is 14.9 Å². The van der Waals surface area contributed by atoms with Gasteiger partial charge in [-0.2, -0.15) is 5.10 Å². The number of nitro groups is 1. The smallest absolute Gasteiger partial charge is 0.269 e. The van der Waals surface area contributed by atoms with Crippen molar-refractivity contribution >= 4 is 28.3 Å². The molecule has 0 radical (unpaired) electrons. The Morgan fingerprint density at radius 2 is 2.00 bits per heavy atom. The second-order valence-electron chi connectivity index (χ2n) is 5.97. The molecule has 3 rings (SSSR count). The van der Waals surface area contributed by atoms with E-state index in [0.717, 1.165) is 11.0 Å². The van der Waals surface area contributed by atoms with Crippen molar-refractivity contribution in [2.45, 2.75) is 26.3 Å². The van der Waals surface area contributed by atoms with Gasteiger partial charge in [0.15, 0.2) is 5.65 Å². The molecule has 3 aromatic rings. The van der Waals surface area contributed by atoms with E-state index in [-0.39, 0.29) is 24.1 Å². The van der Waals surface area contributed by atoms with Crippen LogP contribution in [0.1, 0.15) is 25.5 Å². The number of amides is 1. The first-order valence-electron chi connectivity index (χ1n) is 7.80. The Bertz CT molecular complexity index is 931. The van der Waals surface area contributed by atoms with E-state index >= 15 is 0 Å². The van der Waals surface area contributed by atoms with Gasteiger partial charge in [0.1, 0.15) is 0 Å². The predicted molar refractivity (Wildman–Crippen MR) is 93.3 cm³/mol. The number of nitrogens with zero attached hydrogens (tertiary/aromatic N) is 4. The van der Waals surface area contributed by atoms with E-state index in [1.54, 1.807) is 24.5 Å². The molecule has 0 aliphatic carbocycles. The molecule has 0 unspecified atom stereocenters. The predicted octanol–water partition coefficient (Wildman–Crippen LogP) is 3.10. The minimum Gasteiger partial charge on any atom is -0.324 e. The summed E-state index contributed by atoms with van der Waals surface area (Å²) in [7, 11) is 0. The van der Waals surface area contributed by atoms with Gasteiger partial charge in [0.2, 0.25) is 5.91 Å². The number of nitrogens with one attached hydrogen (secondary N) is 1. The van der Waals surface area contributed by atoms with Crippen LogP contribution in [0.3, 0.4) is 0 Å². The molecule has 0 bridgehead atoms. The normalized spacial score (nSPS) is 11.0. The van der Waals surface area contributed by atoms with Crippen LogP contribution in [-0.2, 0) is 11.2 Å². The molecule has 2 heterocycles. The first-order chi connectivity index (χ1) is 11.9. The van der Waals surface area contributed by atoms with Crippen molar-refractivity contribution in [1.29, 1.82) is 0 Å². The van der Waals surface area contributed by atoms with Crippen LogP contribution in [0.15, 0.2) is 42.7 Å². The van der Waals surface area contributed by atoms with Crippen LogP contribution in [0.2, 0.25) is 0 Å². The molecule has 1 N–H and O–H groups in total. The van der Waals surface area contributed by atoms with Gasteiger partial charge in [0, 0.05) is 23.6 Å². The largest absolute Gasteiger partial charge is 0.324 e. The van der Waals surface area contributed by atoms with E-state index in [4.69, 9.17) is 0 Å². The first-order valence-corrected chi connectivity index (χ1v) is 7.80. The van der Waals surface area contributed by atoms with Crippen LogP contribution in [0, 0.1) is 10.1 Å². The Kier molecular flexibility index (Phi) is 4.42. The SMILES string of the molecule is CC(C)n1ncc2cc(NC(=O)Cc3ccc([N+](=O)[O-])cc3)cnc21. The molecule has 128 valence electrons. The zero-order valence-electron chi connectivity index (χ0n) is 13.8. The number of hydrogen-bond donors (Lipinski definition) is 1. The average Bonchev–Trinajstić information content (AvgIpc) is 2.98. The molecule has 1 aromatic carbocycles. The lowest BCUT2D eigenvalue weighted by Crippen LogP contribution is -2.14. The monoisotopic (exact) mass is 339 g/mol. The quantitative estimate of drug-likeness (QED) is 0.568. The van der Waals surface area contributed by atoms with Gasteiger partial charge in [-0.3, -0.25) is 14.9 Å². The van der Waals surface area contributed by atoms with Crippen LogP contribution < -0.4 is 5.32 Å². The highest BCUT2D eigenvalue weighted by molar-refractivity contribution is 5.93. The van der Waals surface area contributed by atoms with Gasteiger partial charge >= 0.3 is 0 Å². The van der Waals surface area contributed by atoms with Crippen molar-refractivity contribution in [3.8, 4) is 0 Å². The summed E-state index contributed by atoms with van der Waals surface area (Å²) in [5.74, 6) is -0.216. The zero-order chi connectivity index (χ0) is 18.0. The molecule has 0 fully saturated rings. The van der Waals surface area contributed by atoms with Gasteiger partial charge in [-0.15, -0.1) is 0 Å². The van der Waals surface area contributed by atoms with Crippen LogP contribution >= 0.6 is 0 Å². The number of carbonyl (C=O) groups is 1. The fourth-order valence-electron chi connectivity index (χ4n) is 2.51. The summed E-state index contributed by atoms with van der Waals surface area (Å²) in [6.07, 6.45) is 3.44. The van der Waals surface area contributed by atoms with Crippen LogP contribution in [-0.4, -0.2) is 25.6 Å². The molecule has 0 saturated heterocycles. The summed E-state index contributed by atoms with van der Waals surface area (Å²) in [5, 5.41) is 18.6. The Morgan fingerprint density at radius 3 is 2.64 bits per heavy atom. The van der Waals surface area contributed by atoms with Crippen molar-refractivity contribution in [3.63, 3.8) is 0 Å². The molecule has 25 heavy (non-hydrogen) atoms. The van der Waals surface area contributed by atoms with Gasteiger partial charge < -0.3 is 5.32 Å². The maximum absolute atomic E-state index is 12.2. The molecule has 8 nitrogen and oxygen atoms in total. The molecule has 0 atom stereocenters. The van der Waals surface area contributed by atoms with Gasteiger partial charge in [-0.25, -0.2) is 9.67 Å². The van der Waals surface area contributed by atoms with Gasteiger partial charge in [0.25, 0.3) is 5.69 Å². The summed E-state index contributed by atoms with van der Waals surface area (Å²) in [5.41, 5.74) is 2.05. The summed E-state index contributed by atoms with van der Waals surface area (Å²) in [6, 6.07) is 7.94. The van der Waals surface area contributed by atoms with E-state index in [0.29, 0.717) is 11.3 Å². The highest BCUT2D eigenvalue weighted by Crippen LogP contribution is 2.19. The topological polar surface area (TPSA) is 103 Å². The highest BCUT2D eigenvalue weighted by Gasteiger charge is 2.10. The van der Waals surface area contributed by atoms with E-state index in [1.807, 2.05) is 24.6 Å². The molecular weight excluding hydrogens is 322 g/mol. The second kappa shape index (κ2) is 6.68.